The Hall–Kier alpha value is -3.28. The molecule has 0 aliphatic heterocycles. The van der Waals surface area contributed by atoms with Crippen molar-refractivity contribution in [1.82, 2.24) is 5.32 Å². The molecule has 2 aromatic carbocycles. The standard InChI is InChI=1S/C18H17NO5/c1-23-15-9-8-13(10-16(15)24-2)14(11-17(20)21)19-18(22)12-6-4-3-5-7-12/h3-11H,1-2H3,(H,19,22)(H,20,21). The van der Waals surface area contributed by atoms with Gasteiger partial charge in [0.05, 0.1) is 19.9 Å². The Bertz CT molecular complexity index is 768. The van der Waals surface area contributed by atoms with Gasteiger partial charge in [-0.15, -0.1) is 0 Å². The second-order valence-electron chi connectivity index (χ2n) is 4.79. The van der Waals surface area contributed by atoms with Gasteiger partial charge in [-0.25, -0.2) is 4.79 Å². The monoisotopic (exact) mass is 327 g/mol. The molecule has 0 unspecified atom stereocenters. The first-order valence-electron chi connectivity index (χ1n) is 7.08. The van der Waals surface area contributed by atoms with Gasteiger partial charge in [-0.05, 0) is 30.3 Å². The molecular formula is C18H17NO5. The fourth-order valence-corrected chi connectivity index (χ4v) is 2.10. The van der Waals surface area contributed by atoms with Crippen LogP contribution in [-0.4, -0.2) is 31.2 Å². The molecule has 0 aliphatic rings. The van der Waals surface area contributed by atoms with E-state index in [-0.39, 0.29) is 5.70 Å². The number of aliphatic carboxylic acids is 1. The summed E-state index contributed by atoms with van der Waals surface area (Å²) in [4.78, 5) is 23.4. The first-order valence-corrected chi connectivity index (χ1v) is 7.08. The van der Waals surface area contributed by atoms with E-state index in [0.29, 0.717) is 22.6 Å². The van der Waals surface area contributed by atoms with Gasteiger partial charge < -0.3 is 19.9 Å². The van der Waals surface area contributed by atoms with E-state index >= 15 is 0 Å². The van der Waals surface area contributed by atoms with E-state index in [1.54, 1.807) is 48.5 Å². The molecule has 0 bridgehead atoms. The summed E-state index contributed by atoms with van der Waals surface area (Å²) in [6, 6.07) is 13.4. The van der Waals surface area contributed by atoms with Crippen LogP contribution >= 0.6 is 0 Å². The average Bonchev–Trinajstić information content (AvgIpc) is 2.60. The third kappa shape index (κ3) is 4.13. The highest BCUT2D eigenvalue weighted by Crippen LogP contribution is 2.29. The lowest BCUT2D eigenvalue weighted by atomic mass is 10.1. The lowest BCUT2D eigenvalue weighted by molar-refractivity contribution is -0.131. The Morgan fingerprint density at radius 1 is 0.958 bits per heavy atom. The summed E-state index contributed by atoms with van der Waals surface area (Å²) < 4.78 is 10.4. The Kier molecular flexibility index (Phi) is 5.57. The average molecular weight is 327 g/mol. The number of rotatable bonds is 6. The third-order valence-electron chi connectivity index (χ3n) is 3.25. The van der Waals surface area contributed by atoms with Gasteiger partial charge in [0, 0.05) is 17.2 Å². The smallest absolute Gasteiger partial charge is 0.330 e. The largest absolute Gasteiger partial charge is 0.493 e. The SMILES string of the molecule is COc1ccc(C(=CC(=O)O)NC(=O)c2ccccc2)cc1OC. The topological polar surface area (TPSA) is 84.9 Å². The van der Waals surface area contributed by atoms with Crippen LogP contribution in [0.25, 0.3) is 5.70 Å². The zero-order valence-corrected chi connectivity index (χ0v) is 13.3. The van der Waals surface area contributed by atoms with Crippen molar-refractivity contribution in [2.75, 3.05) is 14.2 Å². The summed E-state index contributed by atoms with van der Waals surface area (Å²) in [6.45, 7) is 0. The minimum absolute atomic E-state index is 0.150. The molecule has 0 aliphatic carbocycles. The summed E-state index contributed by atoms with van der Waals surface area (Å²) in [5.41, 5.74) is 1.06. The molecule has 0 saturated carbocycles. The summed E-state index contributed by atoms with van der Waals surface area (Å²) in [5.74, 6) is -0.642. The molecule has 0 spiro atoms. The van der Waals surface area contributed by atoms with Gasteiger partial charge >= 0.3 is 5.97 Å². The van der Waals surface area contributed by atoms with Gasteiger partial charge in [0.25, 0.3) is 5.91 Å². The minimum Gasteiger partial charge on any atom is -0.493 e. The van der Waals surface area contributed by atoms with Crippen molar-refractivity contribution in [2.24, 2.45) is 0 Å². The molecule has 0 atom stereocenters. The predicted molar refractivity (Wildman–Crippen MR) is 89.1 cm³/mol. The van der Waals surface area contributed by atoms with Crippen LogP contribution < -0.4 is 14.8 Å². The van der Waals surface area contributed by atoms with Crippen molar-refractivity contribution in [1.29, 1.82) is 0 Å². The Balaban J connectivity index is 2.36. The zero-order valence-electron chi connectivity index (χ0n) is 13.3. The lowest BCUT2D eigenvalue weighted by Gasteiger charge is -2.13. The molecule has 1 amide bonds. The van der Waals surface area contributed by atoms with E-state index in [4.69, 9.17) is 14.6 Å². The highest BCUT2D eigenvalue weighted by Gasteiger charge is 2.13. The first kappa shape index (κ1) is 17.1. The number of carboxylic acids is 1. The fourth-order valence-electron chi connectivity index (χ4n) is 2.10. The quantitative estimate of drug-likeness (QED) is 0.797. The van der Waals surface area contributed by atoms with Crippen LogP contribution in [0.4, 0.5) is 0 Å². The predicted octanol–water partition coefficient (Wildman–Crippen LogP) is 2.56. The van der Waals surface area contributed by atoms with E-state index in [2.05, 4.69) is 5.32 Å². The van der Waals surface area contributed by atoms with E-state index < -0.39 is 11.9 Å². The van der Waals surface area contributed by atoms with Crippen molar-refractivity contribution in [3.05, 3.63) is 65.7 Å². The molecule has 2 rings (SSSR count). The molecule has 0 aromatic heterocycles. The van der Waals surface area contributed by atoms with E-state index in [1.807, 2.05) is 0 Å². The molecule has 6 heteroatoms. The molecule has 124 valence electrons. The molecule has 0 fully saturated rings. The maximum Gasteiger partial charge on any atom is 0.330 e. The summed E-state index contributed by atoms with van der Waals surface area (Å²) >= 11 is 0. The molecule has 24 heavy (non-hydrogen) atoms. The van der Waals surface area contributed by atoms with Crippen LogP contribution in [0, 0.1) is 0 Å². The van der Waals surface area contributed by atoms with Crippen molar-refractivity contribution in [3.63, 3.8) is 0 Å². The second kappa shape index (κ2) is 7.82. The number of nitrogens with one attached hydrogen (secondary N) is 1. The molecule has 2 aromatic rings. The third-order valence-corrected chi connectivity index (χ3v) is 3.25. The number of carbonyl (C=O) groups excluding carboxylic acids is 1. The van der Waals surface area contributed by atoms with Gasteiger partial charge in [0.15, 0.2) is 11.5 Å². The van der Waals surface area contributed by atoms with Crippen LogP contribution in [0.15, 0.2) is 54.6 Å². The Labute approximate surface area is 139 Å². The van der Waals surface area contributed by atoms with E-state index in [9.17, 15) is 9.59 Å². The number of carbonyl (C=O) groups is 2. The van der Waals surface area contributed by atoms with Crippen molar-refractivity contribution < 1.29 is 24.2 Å². The van der Waals surface area contributed by atoms with Crippen LogP contribution in [0.3, 0.4) is 0 Å². The van der Waals surface area contributed by atoms with Crippen molar-refractivity contribution >= 4 is 17.6 Å². The summed E-state index contributed by atoms with van der Waals surface area (Å²) in [7, 11) is 2.98. The molecule has 0 radical (unpaired) electrons. The zero-order chi connectivity index (χ0) is 17.5. The molecule has 2 N–H and O–H groups in total. The van der Waals surface area contributed by atoms with Gasteiger partial charge in [0.2, 0.25) is 0 Å². The van der Waals surface area contributed by atoms with Crippen molar-refractivity contribution in [3.8, 4) is 11.5 Å². The number of methoxy groups -OCH3 is 2. The van der Waals surface area contributed by atoms with Gasteiger partial charge in [-0.2, -0.15) is 0 Å². The van der Waals surface area contributed by atoms with Crippen LogP contribution in [-0.2, 0) is 4.79 Å². The number of benzene rings is 2. The fraction of sp³-hybridized carbons (Fsp3) is 0.111. The lowest BCUT2D eigenvalue weighted by Crippen LogP contribution is -2.22. The Morgan fingerprint density at radius 2 is 1.62 bits per heavy atom. The summed E-state index contributed by atoms with van der Waals surface area (Å²) in [6.07, 6.45) is 0.933. The minimum atomic E-state index is -1.17. The Morgan fingerprint density at radius 3 is 2.21 bits per heavy atom. The van der Waals surface area contributed by atoms with Gasteiger partial charge in [-0.3, -0.25) is 4.79 Å². The van der Waals surface area contributed by atoms with Crippen LogP contribution in [0.2, 0.25) is 0 Å². The van der Waals surface area contributed by atoms with Gasteiger partial charge in [-0.1, -0.05) is 18.2 Å². The molecular weight excluding hydrogens is 310 g/mol. The maximum atomic E-state index is 12.3. The van der Waals surface area contributed by atoms with Crippen LogP contribution in [0.1, 0.15) is 15.9 Å². The number of hydrogen-bond acceptors (Lipinski definition) is 4. The first-order chi connectivity index (χ1) is 11.5. The van der Waals surface area contributed by atoms with Gasteiger partial charge in [0.1, 0.15) is 0 Å². The number of hydrogen-bond donors (Lipinski definition) is 2. The van der Waals surface area contributed by atoms with E-state index in [1.165, 1.54) is 14.2 Å². The van der Waals surface area contributed by atoms with E-state index in [0.717, 1.165) is 6.08 Å². The second-order valence-corrected chi connectivity index (χ2v) is 4.79. The van der Waals surface area contributed by atoms with Crippen molar-refractivity contribution in [2.45, 2.75) is 0 Å². The summed E-state index contributed by atoms with van der Waals surface area (Å²) in [5, 5.41) is 11.7. The molecule has 0 saturated heterocycles. The highest BCUT2D eigenvalue weighted by molar-refractivity contribution is 6.02. The number of amides is 1. The molecule has 6 nitrogen and oxygen atoms in total. The number of ether oxygens (including phenoxy) is 2. The normalized spacial score (nSPS) is 10.8. The van der Waals surface area contributed by atoms with Crippen LogP contribution in [0.5, 0.6) is 11.5 Å². The molecule has 0 heterocycles. The number of carboxylic acid groups (broad SMARTS) is 1. The highest BCUT2D eigenvalue weighted by atomic mass is 16.5. The maximum absolute atomic E-state index is 12.3.